The van der Waals surface area contributed by atoms with Crippen LogP contribution in [0.5, 0.6) is 0 Å². The number of amides is 3. The van der Waals surface area contributed by atoms with Crippen LogP contribution < -0.4 is 11.1 Å². The largest absolute Gasteiger partial charge is 0.326 e. The van der Waals surface area contributed by atoms with Crippen molar-refractivity contribution in [2.24, 2.45) is 17.6 Å². The molecule has 3 N–H and O–H groups in total. The standard InChI is InChI=1S/C15H29N3O2/c1-7-14(6)12(19)18(13(20)17-14)15(16,8-10(2)3)9-11(4)5/h10-11H,7-9,16H2,1-6H3,(H,17,20). The number of hydrogen-bond donors (Lipinski definition) is 2. The van der Waals surface area contributed by atoms with Gasteiger partial charge < -0.3 is 11.1 Å². The number of hydrogen-bond acceptors (Lipinski definition) is 3. The molecule has 1 aliphatic rings. The summed E-state index contributed by atoms with van der Waals surface area (Å²) < 4.78 is 0. The summed E-state index contributed by atoms with van der Waals surface area (Å²) in [6.07, 6.45) is 1.79. The smallest absolute Gasteiger partial charge is 0.323 e. The fraction of sp³-hybridized carbons (Fsp3) is 0.867. The SMILES string of the molecule is CCC1(C)NC(=O)N(C(N)(CC(C)C)CC(C)C)C1=O. The van der Waals surface area contributed by atoms with Gasteiger partial charge in [0.15, 0.2) is 0 Å². The molecule has 1 aliphatic heterocycles. The number of carbonyl (C=O) groups excluding carboxylic acids is 2. The molecule has 0 radical (unpaired) electrons. The Morgan fingerprint density at radius 1 is 1.20 bits per heavy atom. The first-order valence-electron chi connectivity index (χ1n) is 7.51. The third-order valence-electron chi connectivity index (χ3n) is 3.94. The summed E-state index contributed by atoms with van der Waals surface area (Å²) in [5, 5.41) is 2.79. The first-order valence-corrected chi connectivity index (χ1v) is 7.51. The van der Waals surface area contributed by atoms with Gasteiger partial charge in [-0.3, -0.25) is 4.79 Å². The number of rotatable bonds is 6. The summed E-state index contributed by atoms with van der Waals surface area (Å²) in [6, 6.07) is -0.358. The average Bonchev–Trinajstić information content (AvgIpc) is 2.48. The summed E-state index contributed by atoms with van der Waals surface area (Å²) >= 11 is 0. The summed E-state index contributed by atoms with van der Waals surface area (Å²) in [6.45, 7) is 11.9. The second kappa shape index (κ2) is 5.72. The van der Waals surface area contributed by atoms with Crippen molar-refractivity contribution in [3.63, 3.8) is 0 Å². The van der Waals surface area contributed by atoms with Crippen LogP contribution in [0.1, 0.15) is 60.8 Å². The molecule has 0 aromatic heterocycles. The molecular weight excluding hydrogens is 254 g/mol. The van der Waals surface area contributed by atoms with Crippen LogP contribution in [0.4, 0.5) is 4.79 Å². The van der Waals surface area contributed by atoms with Crippen molar-refractivity contribution in [3.05, 3.63) is 0 Å². The van der Waals surface area contributed by atoms with Crippen LogP contribution in [-0.2, 0) is 4.79 Å². The van der Waals surface area contributed by atoms with E-state index in [0.717, 1.165) is 0 Å². The van der Waals surface area contributed by atoms with Gasteiger partial charge in [0.2, 0.25) is 0 Å². The van der Waals surface area contributed by atoms with Gasteiger partial charge in [0.05, 0.1) is 0 Å². The topological polar surface area (TPSA) is 75.4 Å². The van der Waals surface area contributed by atoms with E-state index in [-0.39, 0.29) is 11.9 Å². The van der Waals surface area contributed by atoms with Crippen LogP contribution in [0.3, 0.4) is 0 Å². The molecule has 3 amide bonds. The van der Waals surface area contributed by atoms with Crippen molar-refractivity contribution in [3.8, 4) is 0 Å². The first-order chi connectivity index (χ1) is 9.05. The molecule has 1 atom stereocenters. The third kappa shape index (κ3) is 3.14. The third-order valence-corrected chi connectivity index (χ3v) is 3.94. The second-order valence-corrected chi connectivity index (χ2v) is 7.06. The number of nitrogens with zero attached hydrogens (tertiary/aromatic N) is 1. The lowest BCUT2D eigenvalue weighted by atomic mass is 9.87. The predicted molar refractivity (Wildman–Crippen MR) is 79.9 cm³/mol. The van der Waals surface area contributed by atoms with Crippen LogP contribution in [-0.4, -0.2) is 28.0 Å². The van der Waals surface area contributed by atoms with Gasteiger partial charge in [-0.1, -0.05) is 34.6 Å². The Morgan fingerprint density at radius 2 is 1.65 bits per heavy atom. The normalized spacial score (nSPS) is 23.9. The maximum atomic E-state index is 12.6. The number of urea groups is 1. The molecule has 5 heteroatoms. The maximum absolute atomic E-state index is 12.6. The molecule has 1 saturated heterocycles. The van der Waals surface area contributed by atoms with Gasteiger partial charge in [-0.25, -0.2) is 9.69 Å². The lowest BCUT2D eigenvalue weighted by Gasteiger charge is -2.39. The van der Waals surface area contributed by atoms with Crippen LogP contribution >= 0.6 is 0 Å². The van der Waals surface area contributed by atoms with Crippen LogP contribution in [0.25, 0.3) is 0 Å². The minimum Gasteiger partial charge on any atom is -0.323 e. The van der Waals surface area contributed by atoms with Crippen LogP contribution in [0, 0.1) is 11.8 Å². The van der Waals surface area contributed by atoms with Crippen molar-refractivity contribution >= 4 is 11.9 Å². The maximum Gasteiger partial charge on any atom is 0.326 e. The highest BCUT2D eigenvalue weighted by Gasteiger charge is 2.53. The molecule has 1 heterocycles. The van der Waals surface area contributed by atoms with Crippen molar-refractivity contribution < 1.29 is 9.59 Å². The lowest BCUT2D eigenvalue weighted by molar-refractivity contribution is -0.136. The molecule has 0 spiro atoms. The van der Waals surface area contributed by atoms with Gasteiger partial charge >= 0.3 is 6.03 Å². The average molecular weight is 283 g/mol. The van der Waals surface area contributed by atoms with Gasteiger partial charge in [0.1, 0.15) is 11.2 Å². The molecule has 1 fully saturated rings. The summed E-state index contributed by atoms with van der Waals surface area (Å²) in [5.41, 5.74) is 4.78. The van der Waals surface area contributed by atoms with Gasteiger partial charge in [0.25, 0.3) is 5.91 Å². The highest BCUT2D eigenvalue weighted by Crippen LogP contribution is 2.32. The van der Waals surface area contributed by atoms with Gasteiger partial charge in [-0.15, -0.1) is 0 Å². The van der Waals surface area contributed by atoms with E-state index in [1.807, 2.05) is 6.92 Å². The Bertz CT molecular complexity index is 383. The van der Waals surface area contributed by atoms with E-state index in [4.69, 9.17) is 5.73 Å². The zero-order chi connectivity index (χ0) is 15.7. The number of carbonyl (C=O) groups is 2. The molecule has 20 heavy (non-hydrogen) atoms. The highest BCUT2D eigenvalue weighted by molar-refractivity contribution is 6.07. The molecule has 5 nitrogen and oxygen atoms in total. The molecule has 116 valence electrons. The molecule has 0 aromatic rings. The molecule has 0 aliphatic carbocycles. The van der Waals surface area contributed by atoms with E-state index in [1.54, 1.807) is 6.92 Å². The lowest BCUT2D eigenvalue weighted by Crippen LogP contribution is -2.60. The summed E-state index contributed by atoms with van der Waals surface area (Å²) in [4.78, 5) is 26.2. The minimum atomic E-state index is -0.906. The first kappa shape index (κ1) is 17.0. The van der Waals surface area contributed by atoms with Crippen molar-refractivity contribution in [1.82, 2.24) is 10.2 Å². The molecule has 1 unspecified atom stereocenters. The van der Waals surface area contributed by atoms with Crippen LogP contribution in [0.15, 0.2) is 0 Å². The predicted octanol–water partition coefficient (Wildman–Crippen LogP) is 2.45. The van der Waals surface area contributed by atoms with E-state index >= 15 is 0 Å². The van der Waals surface area contributed by atoms with Crippen LogP contribution in [0.2, 0.25) is 0 Å². The van der Waals surface area contributed by atoms with Crippen molar-refractivity contribution in [2.45, 2.75) is 72.0 Å². The van der Waals surface area contributed by atoms with Gasteiger partial charge in [-0.05, 0) is 38.0 Å². The zero-order valence-corrected chi connectivity index (χ0v) is 13.6. The Hall–Kier alpha value is -1.10. The molecule has 0 saturated carbocycles. The minimum absolute atomic E-state index is 0.200. The fourth-order valence-electron chi connectivity index (χ4n) is 3.01. The zero-order valence-electron chi connectivity index (χ0n) is 13.6. The van der Waals surface area contributed by atoms with Crippen molar-refractivity contribution in [1.29, 1.82) is 0 Å². The van der Waals surface area contributed by atoms with E-state index in [2.05, 4.69) is 33.0 Å². The molecule has 1 rings (SSSR count). The highest BCUT2D eigenvalue weighted by atomic mass is 16.2. The van der Waals surface area contributed by atoms with E-state index in [1.165, 1.54) is 4.90 Å². The fourth-order valence-corrected chi connectivity index (χ4v) is 3.01. The van der Waals surface area contributed by atoms with E-state index in [9.17, 15) is 9.59 Å². The quantitative estimate of drug-likeness (QED) is 0.735. The Kier molecular flexibility index (Phi) is 4.85. The molecular formula is C15H29N3O2. The molecule has 0 aromatic carbocycles. The summed E-state index contributed by atoms with van der Waals surface area (Å²) in [7, 11) is 0. The number of imide groups is 1. The Morgan fingerprint density at radius 3 is 1.95 bits per heavy atom. The number of nitrogens with one attached hydrogen (secondary N) is 1. The van der Waals surface area contributed by atoms with E-state index in [0.29, 0.717) is 31.1 Å². The molecule has 0 bridgehead atoms. The second-order valence-electron chi connectivity index (χ2n) is 7.06. The van der Waals surface area contributed by atoms with Gasteiger partial charge in [-0.2, -0.15) is 0 Å². The summed E-state index contributed by atoms with van der Waals surface area (Å²) in [5.74, 6) is 0.425. The van der Waals surface area contributed by atoms with Gasteiger partial charge in [0, 0.05) is 0 Å². The Balaban J connectivity index is 3.14. The van der Waals surface area contributed by atoms with E-state index < -0.39 is 11.2 Å². The van der Waals surface area contributed by atoms with Crippen molar-refractivity contribution in [2.75, 3.05) is 0 Å². The number of nitrogens with two attached hydrogens (primary N) is 1. The monoisotopic (exact) mass is 283 g/mol. The Labute approximate surface area is 122 Å².